The van der Waals surface area contributed by atoms with E-state index in [1.54, 1.807) is 0 Å². The van der Waals surface area contributed by atoms with Gasteiger partial charge in [0.1, 0.15) is 0 Å². The molecule has 0 bridgehead atoms. The number of hydrogen-bond donors (Lipinski definition) is 0. The Hall–Kier alpha value is 1.02. The van der Waals surface area contributed by atoms with Crippen LogP contribution in [0, 0.1) is 0 Å². The minimum absolute atomic E-state index is 0.0632. The molecule has 0 heterocycles. The van der Waals surface area contributed by atoms with Gasteiger partial charge in [0.05, 0.1) is 0 Å². The standard InChI is InChI=1S/C6H15O2Si.Zr/c1-6(2,3)8-9(4,5)7;/h1-5H3;/q-1;+1. The zero-order chi connectivity index (χ0) is 8.41. The molecule has 0 aliphatic rings. The summed E-state index contributed by atoms with van der Waals surface area (Å²) in [5, 5.41) is 0. The van der Waals surface area contributed by atoms with Crippen LogP contribution in [0.1, 0.15) is 20.8 Å². The van der Waals surface area contributed by atoms with Crippen molar-refractivity contribution in [2.75, 3.05) is 0 Å². The second-order valence-corrected chi connectivity index (χ2v) is 8.43. The molecule has 0 saturated heterocycles. The molecule has 0 aromatic carbocycles. The van der Waals surface area contributed by atoms with Crippen molar-refractivity contribution in [1.29, 1.82) is 0 Å². The Bertz CT molecular complexity index is 109. The van der Waals surface area contributed by atoms with Crippen molar-refractivity contribution in [3.63, 3.8) is 0 Å². The first-order chi connectivity index (χ1) is 4.27. The number of rotatable bonds is 2. The second kappa shape index (κ2) is 3.61. The first-order valence-corrected chi connectivity index (χ1v) is 7.14. The van der Waals surface area contributed by atoms with Crippen molar-refractivity contribution < 1.29 is 32.1 Å². The van der Waals surface area contributed by atoms with E-state index < -0.39 is 8.56 Å². The van der Waals surface area contributed by atoms with Crippen LogP contribution in [0.2, 0.25) is 13.1 Å². The molecule has 0 amide bonds. The summed E-state index contributed by atoms with van der Waals surface area (Å²) in [7, 11) is -1.77. The van der Waals surface area contributed by atoms with Gasteiger partial charge in [0.15, 0.2) is 0 Å². The molecule has 0 radical (unpaired) electrons. The molecule has 0 aromatic rings. The summed E-state index contributed by atoms with van der Waals surface area (Å²) >= 11 is 1.10. The van der Waals surface area contributed by atoms with Crippen molar-refractivity contribution >= 4 is 8.56 Å². The van der Waals surface area contributed by atoms with E-state index in [-0.39, 0.29) is 5.60 Å². The van der Waals surface area contributed by atoms with Crippen molar-refractivity contribution in [3.05, 3.63) is 0 Å². The normalized spacial score (nSPS) is 13.6. The molecule has 59 valence electrons. The van der Waals surface area contributed by atoms with Crippen LogP contribution in [0.5, 0.6) is 0 Å². The van der Waals surface area contributed by atoms with E-state index in [0.29, 0.717) is 0 Å². The summed E-state index contributed by atoms with van der Waals surface area (Å²) in [6.45, 7) is 10.3. The third-order valence-corrected chi connectivity index (χ3v) is 6.02. The zero-order valence-corrected chi connectivity index (χ0v) is 10.8. The quantitative estimate of drug-likeness (QED) is 0.685. The molecule has 0 unspecified atom stereocenters. The Morgan fingerprint density at radius 1 is 1.20 bits per heavy atom. The summed E-state index contributed by atoms with van der Waals surface area (Å²) < 4.78 is 11.0. The Labute approximate surface area is 80.0 Å². The second-order valence-electron chi connectivity index (χ2n) is 3.72. The fourth-order valence-corrected chi connectivity index (χ4v) is 2.58. The van der Waals surface area contributed by atoms with Gasteiger partial charge in [0.2, 0.25) is 0 Å². The summed E-state index contributed by atoms with van der Waals surface area (Å²) in [4.78, 5) is 0. The van der Waals surface area contributed by atoms with Crippen LogP contribution in [0.4, 0.5) is 0 Å². The Balaban J connectivity index is 3.89. The van der Waals surface area contributed by atoms with Crippen molar-refractivity contribution in [3.8, 4) is 0 Å². The van der Waals surface area contributed by atoms with Gasteiger partial charge in [-0.05, 0) is 0 Å². The van der Waals surface area contributed by atoms with E-state index in [0.717, 1.165) is 25.2 Å². The average molecular weight is 238 g/mol. The molecular formula is C6H15O2SiZr. The molecule has 0 N–H and O–H groups in total. The Morgan fingerprint density at radius 3 is 1.70 bits per heavy atom. The molecule has 0 spiro atoms. The predicted octanol–water partition coefficient (Wildman–Crippen LogP) is 1.98. The van der Waals surface area contributed by atoms with Crippen molar-refractivity contribution in [2.24, 2.45) is 0 Å². The van der Waals surface area contributed by atoms with Crippen LogP contribution in [0.3, 0.4) is 0 Å². The maximum atomic E-state index is 5.71. The zero-order valence-electron chi connectivity index (χ0n) is 7.32. The average Bonchev–Trinajstić information content (AvgIpc) is 1.60. The Kier molecular flexibility index (Phi) is 3.98. The molecule has 0 fully saturated rings. The summed E-state index contributed by atoms with van der Waals surface area (Å²) in [5.74, 6) is 0. The van der Waals surface area contributed by atoms with Crippen molar-refractivity contribution in [2.45, 2.75) is 39.5 Å². The maximum absolute atomic E-state index is 5.71. The van der Waals surface area contributed by atoms with Gasteiger partial charge in [0.25, 0.3) is 0 Å². The van der Waals surface area contributed by atoms with Gasteiger partial charge in [-0.25, -0.2) is 0 Å². The van der Waals surface area contributed by atoms with Crippen LogP contribution in [0.25, 0.3) is 0 Å². The topological polar surface area (TPSA) is 18.5 Å². The van der Waals surface area contributed by atoms with Crippen molar-refractivity contribution in [1.82, 2.24) is 0 Å². The molecule has 0 rings (SSSR count). The van der Waals surface area contributed by atoms with Gasteiger partial charge < -0.3 is 0 Å². The van der Waals surface area contributed by atoms with Crippen LogP contribution in [-0.2, 0) is 32.1 Å². The van der Waals surface area contributed by atoms with Crippen LogP contribution < -0.4 is 0 Å². The molecule has 0 aliphatic heterocycles. The SMILES string of the molecule is CC(C)(C)O[Si](C)(C)[O][Zr]. The van der Waals surface area contributed by atoms with Gasteiger partial charge in [0, 0.05) is 0 Å². The minimum atomic E-state index is -1.77. The molecule has 0 saturated carbocycles. The van der Waals surface area contributed by atoms with Crippen LogP contribution in [0.15, 0.2) is 0 Å². The van der Waals surface area contributed by atoms with Gasteiger partial charge in [-0.2, -0.15) is 0 Å². The van der Waals surface area contributed by atoms with E-state index in [1.165, 1.54) is 0 Å². The molecule has 0 atom stereocenters. The Morgan fingerprint density at radius 2 is 1.60 bits per heavy atom. The van der Waals surface area contributed by atoms with Gasteiger partial charge >= 0.3 is 80.1 Å². The first kappa shape index (κ1) is 11.0. The summed E-state index contributed by atoms with van der Waals surface area (Å²) in [6, 6.07) is 0. The van der Waals surface area contributed by atoms with E-state index in [9.17, 15) is 0 Å². The summed E-state index contributed by atoms with van der Waals surface area (Å²) in [6.07, 6.45) is 0. The van der Waals surface area contributed by atoms with E-state index in [4.69, 9.17) is 6.93 Å². The monoisotopic (exact) mass is 237 g/mol. The third-order valence-electron chi connectivity index (χ3n) is 0.798. The first-order valence-electron chi connectivity index (χ1n) is 3.32. The third kappa shape index (κ3) is 5.78. The van der Waals surface area contributed by atoms with E-state index in [2.05, 4.69) is 33.9 Å². The predicted molar refractivity (Wildman–Crippen MR) is 39.4 cm³/mol. The molecule has 0 aromatic heterocycles. The van der Waals surface area contributed by atoms with E-state index >= 15 is 0 Å². The summed E-state index contributed by atoms with van der Waals surface area (Å²) in [5.41, 5.74) is -0.0632. The van der Waals surface area contributed by atoms with Gasteiger partial charge in [-0.15, -0.1) is 0 Å². The van der Waals surface area contributed by atoms with Gasteiger partial charge in [-0.3, -0.25) is 0 Å². The molecule has 0 aliphatic carbocycles. The fraction of sp³-hybridized carbons (Fsp3) is 1.00. The number of hydrogen-bond acceptors (Lipinski definition) is 2. The van der Waals surface area contributed by atoms with Crippen LogP contribution in [-0.4, -0.2) is 14.2 Å². The molecular weight excluding hydrogens is 223 g/mol. The molecule has 10 heavy (non-hydrogen) atoms. The molecule has 2 nitrogen and oxygen atoms in total. The van der Waals surface area contributed by atoms with E-state index in [1.807, 2.05) is 0 Å². The fourth-order valence-electron chi connectivity index (χ4n) is 0.758. The van der Waals surface area contributed by atoms with Crippen LogP contribution >= 0.6 is 0 Å². The van der Waals surface area contributed by atoms with Gasteiger partial charge in [-0.1, -0.05) is 0 Å². The molecule has 4 heteroatoms.